The first-order chi connectivity index (χ1) is 6.13. The van der Waals surface area contributed by atoms with Gasteiger partial charge in [0.2, 0.25) is 0 Å². The first-order valence-corrected chi connectivity index (χ1v) is 4.33. The van der Waals surface area contributed by atoms with Crippen molar-refractivity contribution in [3.8, 4) is 0 Å². The molecule has 0 saturated heterocycles. The van der Waals surface area contributed by atoms with E-state index in [9.17, 15) is 4.39 Å². The molecule has 0 heterocycles. The van der Waals surface area contributed by atoms with E-state index in [1.54, 1.807) is 6.07 Å². The van der Waals surface area contributed by atoms with Gasteiger partial charge in [0.25, 0.3) is 0 Å². The molecule has 0 spiro atoms. The van der Waals surface area contributed by atoms with Gasteiger partial charge < -0.3 is 10.8 Å². The summed E-state index contributed by atoms with van der Waals surface area (Å²) in [4.78, 5) is 0. The Kier molecular flexibility index (Phi) is 3.66. The maximum absolute atomic E-state index is 12.8. The Morgan fingerprint density at radius 3 is 2.69 bits per heavy atom. The second-order valence-corrected chi connectivity index (χ2v) is 3.26. The van der Waals surface area contributed by atoms with Gasteiger partial charge in [-0.15, -0.1) is 0 Å². The fourth-order valence-electron chi connectivity index (χ4n) is 1.09. The highest BCUT2D eigenvalue weighted by molar-refractivity contribution is 6.30. The number of halogens is 2. The third-order valence-electron chi connectivity index (χ3n) is 1.75. The summed E-state index contributed by atoms with van der Waals surface area (Å²) >= 11 is 5.64. The molecule has 1 rings (SSSR count). The van der Waals surface area contributed by atoms with Crippen molar-refractivity contribution in [2.75, 3.05) is 6.61 Å². The second-order valence-electron chi connectivity index (χ2n) is 2.82. The van der Waals surface area contributed by atoms with Gasteiger partial charge in [0.05, 0.1) is 0 Å². The molecule has 1 atom stereocenters. The van der Waals surface area contributed by atoms with Gasteiger partial charge >= 0.3 is 0 Å². The Balaban J connectivity index is 2.87. The second kappa shape index (κ2) is 4.56. The molecule has 13 heavy (non-hydrogen) atoms. The van der Waals surface area contributed by atoms with Gasteiger partial charge in [-0.2, -0.15) is 0 Å². The highest BCUT2D eigenvalue weighted by atomic mass is 35.5. The number of hydrogen-bond acceptors (Lipinski definition) is 2. The lowest BCUT2D eigenvalue weighted by molar-refractivity contribution is 0.276. The van der Waals surface area contributed by atoms with Crippen LogP contribution in [0.3, 0.4) is 0 Å². The predicted molar refractivity (Wildman–Crippen MR) is 50.0 cm³/mol. The molecule has 0 amide bonds. The average molecular weight is 204 g/mol. The van der Waals surface area contributed by atoms with Crippen LogP contribution in [0.1, 0.15) is 18.0 Å². The van der Waals surface area contributed by atoms with Gasteiger partial charge in [0.15, 0.2) is 0 Å². The number of aliphatic hydroxyl groups excluding tert-OH is 1. The zero-order valence-corrected chi connectivity index (χ0v) is 7.76. The topological polar surface area (TPSA) is 46.2 Å². The Morgan fingerprint density at radius 1 is 1.46 bits per heavy atom. The number of hydrogen-bond donors (Lipinski definition) is 2. The smallest absolute Gasteiger partial charge is 0.125 e. The monoisotopic (exact) mass is 203 g/mol. The zero-order chi connectivity index (χ0) is 9.84. The van der Waals surface area contributed by atoms with Crippen LogP contribution in [-0.2, 0) is 0 Å². The molecule has 0 aliphatic rings. The van der Waals surface area contributed by atoms with Crippen molar-refractivity contribution in [1.29, 1.82) is 0 Å². The van der Waals surface area contributed by atoms with Gasteiger partial charge in [-0.25, -0.2) is 4.39 Å². The average Bonchev–Trinajstić information content (AvgIpc) is 2.03. The lowest BCUT2D eigenvalue weighted by Gasteiger charge is -2.10. The van der Waals surface area contributed by atoms with Crippen LogP contribution in [0.5, 0.6) is 0 Å². The standard InChI is InChI=1S/C9H11ClFNO/c10-7-3-6(4-8(11)5-7)9(12)1-2-13/h3-5,9,13H,1-2,12H2/t9-/m1/s1. The highest BCUT2D eigenvalue weighted by Gasteiger charge is 2.07. The first kappa shape index (κ1) is 10.4. The Labute approximate surface area is 81.1 Å². The van der Waals surface area contributed by atoms with E-state index < -0.39 is 5.82 Å². The van der Waals surface area contributed by atoms with E-state index in [2.05, 4.69) is 0 Å². The summed E-state index contributed by atoms with van der Waals surface area (Å²) in [5, 5.41) is 8.95. The van der Waals surface area contributed by atoms with E-state index >= 15 is 0 Å². The maximum Gasteiger partial charge on any atom is 0.125 e. The third kappa shape index (κ3) is 2.95. The van der Waals surface area contributed by atoms with Gasteiger partial charge in [0, 0.05) is 17.7 Å². The third-order valence-corrected chi connectivity index (χ3v) is 1.97. The predicted octanol–water partition coefficient (Wildman–Crippen LogP) is 1.86. The summed E-state index contributed by atoms with van der Waals surface area (Å²) in [6.45, 7) is -0.0186. The molecular weight excluding hydrogens is 193 g/mol. The van der Waals surface area contributed by atoms with Gasteiger partial charge in [-0.05, 0) is 30.2 Å². The van der Waals surface area contributed by atoms with E-state index in [1.165, 1.54) is 12.1 Å². The fraction of sp³-hybridized carbons (Fsp3) is 0.333. The van der Waals surface area contributed by atoms with E-state index in [-0.39, 0.29) is 12.6 Å². The molecule has 0 unspecified atom stereocenters. The van der Waals surface area contributed by atoms with Crippen LogP contribution in [0.15, 0.2) is 18.2 Å². The lowest BCUT2D eigenvalue weighted by Crippen LogP contribution is -2.12. The van der Waals surface area contributed by atoms with Crippen LogP contribution in [0.4, 0.5) is 4.39 Å². The molecule has 0 aliphatic carbocycles. The first-order valence-electron chi connectivity index (χ1n) is 3.96. The highest BCUT2D eigenvalue weighted by Crippen LogP contribution is 2.20. The lowest BCUT2D eigenvalue weighted by atomic mass is 10.1. The van der Waals surface area contributed by atoms with Crippen molar-refractivity contribution in [3.63, 3.8) is 0 Å². The molecule has 0 aliphatic heterocycles. The van der Waals surface area contributed by atoms with Crippen molar-refractivity contribution in [2.24, 2.45) is 5.73 Å². The normalized spacial score (nSPS) is 12.9. The van der Waals surface area contributed by atoms with Crippen LogP contribution in [-0.4, -0.2) is 11.7 Å². The minimum Gasteiger partial charge on any atom is -0.396 e. The van der Waals surface area contributed by atoms with Crippen molar-refractivity contribution in [1.82, 2.24) is 0 Å². The molecule has 0 radical (unpaired) electrons. The number of rotatable bonds is 3. The summed E-state index contributed by atoms with van der Waals surface area (Å²) in [7, 11) is 0. The number of aliphatic hydroxyl groups is 1. The van der Waals surface area contributed by atoms with E-state index in [1.807, 2.05) is 0 Å². The molecule has 0 aromatic heterocycles. The van der Waals surface area contributed by atoms with Gasteiger partial charge in [-0.3, -0.25) is 0 Å². The molecule has 3 N–H and O–H groups in total. The van der Waals surface area contributed by atoms with Crippen LogP contribution in [0, 0.1) is 5.82 Å². The summed E-state index contributed by atoms with van der Waals surface area (Å²) in [5.74, 6) is -0.407. The number of nitrogens with two attached hydrogens (primary N) is 1. The minimum absolute atomic E-state index is 0.0186. The molecule has 4 heteroatoms. The summed E-state index contributed by atoms with van der Waals surface area (Å²) in [5.41, 5.74) is 6.27. The Hall–Kier alpha value is -0.640. The quantitative estimate of drug-likeness (QED) is 0.788. The van der Waals surface area contributed by atoms with Crippen LogP contribution >= 0.6 is 11.6 Å². The van der Waals surface area contributed by atoms with E-state index in [0.717, 1.165) is 0 Å². The fourth-order valence-corrected chi connectivity index (χ4v) is 1.33. The molecule has 0 bridgehead atoms. The minimum atomic E-state index is -0.407. The summed E-state index contributed by atoms with van der Waals surface area (Å²) < 4.78 is 12.8. The van der Waals surface area contributed by atoms with Crippen LogP contribution in [0.25, 0.3) is 0 Å². The van der Waals surface area contributed by atoms with Crippen LogP contribution < -0.4 is 5.73 Å². The Bertz CT molecular complexity index is 273. The SMILES string of the molecule is N[C@H](CCO)c1cc(F)cc(Cl)c1. The van der Waals surface area contributed by atoms with Crippen LogP contribution in [0.2, 0.25) is 5.02 Å². The largest absolute Gasteiger partial charge is 0.396 e. The maximum atomic E-state index is 12.8. The summed E-state index contributed by atoms with van der Waals surface area (Å²) in [6.07, 6.45) is 0.403. The van der Waals surface area contributed by atoms with Crippen molar-refractivity contribution in [2.45, 2.75) is 12.5 Å². The Morgan fingerprint density at radius 2 is 2.15 bits per heavy atom. The zero-order valence-electron chi connectivity index (χ0n) is 7.00. The molecule has 1 aromatic rings. The molecule has 0 fully saturated rings. The molecular formula is C9H11ClFNO. The number of benzene rings is 1. The molecule has 1 aromatic carbocycles. The van der Waals surface area contributed by atoms with E-state index in [0.29, 0.717) is 17.0 Å². The van der Waals surface area contributed by atoms with Gasteiger partial charge in [-0.1, -0.05) is 11.6 Å². The van der Waals surface area contributed by atoms with Crippen molar-refractivity contribution in [3.05, 3.63) is 34.6 Å². The van der Waals surface area contributed by atoms with E-state index in [4.69, 9.17) is 22.4 Å². The molecule has 72 valence electrons. The van der Waals surface area contributed by atoms with Gasteiger partial charge in [0.1, 0.15) is 5.82 Å². The van der Waals surface area contributed by atoms with Crippen molar-refractivity contribution >= 4 is 11.6 Å². The summed E-state index contributed by atoms with van der Waals surface area (Å²) in [6, 6.07) is 3.78. The molecule has 2 nitrogen and oxygen atoms in total. The molecule has 0 saturated carbocycles. The van der Waals surface area contributed by atoms with Crippen molar-refractivity contribution < 1.29 is 9.50 Å².